The molecule has 1 heterocycles. The molecule has 6 nitrogen and oxygen atoms in total. The smallest absolute Gasteiger partial charge is 0.244 e. The summed E-state index contributed by atoms with van der Waals surface area (Å²) >= 11 is 0. The van der Waals surface area contributed by atoms with E-state index in [0.717, 1.165) is 28.0 Å². The van der Waals surface area contributed by atoms with Crippen LogP contribution < -0.4 is 10.1 Å². The molecular weight excluding hydrogens is 424 g/mol. The van der Waals surface area contributed by atoms with Crippen molar-refractivity contribution in [2.45, 2.75) is 37.4 Å². The highest BCUT2D eigenvalue weighted by Gasteiger charge is 2.39. The molecule has 1 atom stereocenters. The second kappa shape index (κ2) is 9.14. The van der Waals surface area contributed by atoms with E-state index in [-0.39, 0.29) is 17.3 Å². The maximum Gasteiger partial charge on any atom is 0.244 e. The van der Waals surface area contributed by atoms with Gasteiger partial charge in [-0.1, -0.05) is 54.1 Å². The Kier molecular flexibility index (Phi) is 6.30. The second-order valence-corrected chi connectivity index (χ2v) is 9.81. The lowest BCUT2D eigenvalue weighted by Gasteiger charge is -2.35. The van der Waals surface area contributed by atoms with Gasteiger partial charge < -0.3 is 10.1 Å². The van der Waals surface area contributed by atoms with E-state index in [4.69, 9.17) is 4.74 Å². The third-order valence-electron chi connectivity index (χ3n) is 5.76. The number of rotatable bonds is 6. The molecule has 0 aromatic heterocycles. The van der Waals surface area contributed by atoms with E-state index >= 15 is 0 Å². The van der Waals surface area contributed by atoms with E-state index in [9.17, 15) is 13.2 Å². The van der Waals surface area contributed by atoms with Gasteiger partial charge in [0.15, 0.2) is 0 Å². The van der Waals surface area contributed by atoms with Gasteiger partial charge in [0, 0.05) is 13.1 Å². The highest BCUT2D eigenvalue weighted by Crippen LogP contribution is 2.29. The standard InChI is InChI=1S/C25H26N2O4S/c1-18-7-13-23(14-8-18)32(29,30)27-17-21-6-4-3-5-20(21)15-24(27)25(28)26-16-19-9-11-22(31-2)12-10-19/h3-14,24H,15-17H2,1-2H3,(H,26,28)/t24-/m0/s1. The first kappa shape index (κ1) is 22.0. The zero-order chi connectivity index (χ0) is 22.7. The minimum absolute atomic E-state index is 0.160. The van der Waals surface area contributed by atoms with Gasteiger partial charge in [0.05, 0.1) is 12.0 Å². The van der Waals surface area contributed by atoms with Crippen molar-refractivity contribution in [3.8, 4) is 5.75 Å². The molecular formula is C25H26N2O4S. The number of nitrogens with zero attached hydrogens (tertiary/aromatic N) is 1. The largest absolute Gasteiger partial charge is 0.497 e. The van der Waals surface area contributed by atoms with E-state index < -0.39 is 16.1 Å². The van der Waals surface area contributed by atoms with Crippen LogP contribution >= 0.6 is 0 Å². The Bertz CT molecular complexity index is 1210. The maximum atomic E-state index is 13.5. The molecule has 0 unspecified atom stereocenters. The zero-order valence-electron chi connectivity index (χ0n) is 18.1. The number of sulfonamides is 1. The van der Waals surface area contributed by atoms with Crippen LogP contribution in [0.5, 0.6) is 5.75 Å². The van der Waals surface area contributed by atoms with Crippen molar-refractivity contribution in [1.82, 2.24) is 9.62 Å². The molecule has 32 heavy (non-hydrogen) atoms. The predicted molar refractivity (Wildman–Crippen MR) is 123 cm³/mol. The average molecular weight is 451 g/mol. The summed E-state index contributed by atoms with van der Waals surface area (Å²) in [5, 5.41) is 2.91. The van der Waals surface area contributed by atoms with Gasteiger partial charge in [0.2, 0.25) is 15.9 Å². The predicted octanol–water partition coefficient (Wildman–Crippen LogP) is 3.44. The molecule has 0 aliphatic carbocycles. The number of carbonyl (C=O) groups is 1. The Hall–Kier alpha value is -3.16. The van der Waals surface area contributed by atoms with E-state index in [0.29, 0.717) is 13.0 Å². The molecule has 7 heteroatoms. The Labute approximate surface area is 188 Å². The quantitative estimate of drug-likeness (QED) is 0.624. The summed E-state index contributed by atoms with van der Waals surface area (Å²) in [5.41, 5.74) is 3.79. The molecule has 1 N–H and O–H groups in total. The van der Waals surface area contributed by atoms with Crippen molar-refractivity contribution in [1.29, 1.82) is 0 Å². The molecule has 1 aliphatic heterocycles. The Morgan fingerprint density at radius 2 is 1.66 bits per heavy atom. The lowest BCUT2D eigenvalue weighted by atomic mass is 9.95. The van der Waals surface area contributed by atoms with Crippen LogP contribution in [0.2, 0.25) is 0 Å². The average Bonchev–Trinajstić information content (AvgIpc) is 2.82. The van der Waals surface area contributed by atoms with Crippen LogP contribution in [0.15, 0.2) is 77.7 Å². The minimum Gasteiger partial charge on any atom is -0.497 e. The number of hydrogen-bond acceptors (Lipinski definition) is 4. The fraction of sp³-hybridized carbons (Fsp3) is 0.240. The number of ether oxygens (including phenoxy) is 1. The number of benzene rings is 3. The Morgan fingerprint density at radius 3 is 2.31 bits per heavy atom. The zero-order valence-corrected chi connectivity index (χ0v) is 18.9. The first-order valence-electron chi connectivity index (χ1n) is 10.4. The lowest BCUT2D eigenvalue weighted by Crippen LogP contribution is -2.52. The van der Waals surface area contributed by atoms with Gasteiger partial charge in [-0.25, -0.2) is 8.42 Å². The molecule has 166 valence electrons. The molecule has 0 spiro atoms. The second-order valence-electron chi connectivity index (χ2n) is 7.92. The first-order valence-corrected chi connectivity index (χ1v) is 11.9. The van der Waals surface area contributed by atoms with Crippen LogP contribution in [0.1, 0.15) is 22.3 Å². The highest BCUT2D eigenvalue weighted by molar-refractivity contribution is 7.89. The number of methoxy groups -OCH3 is 1. The normalized spacial score (nSPS) is 16.2. The lowest BCUT2D eigenvalue weighted by molar-refractivity contribution is -0.125. The molecule has 1 amide bonds. The summed E-state index contributed by atoms with van der Waals surface area (Å²) in [4.78, 5) is 13.4. The van der Waals surface area contributed by atoms with Crippen LogP contribution in [0.4, 0.5) is 0 Å². The molecule has 0 bridgehead atoms. The van der Waals surface area contributed by atoms with Crippen LogP contribution in [0, 0.1) is 6.92 Å². The topological polar surface area (TPSA) is 75.7 Å². The monoisotopic (exact) mass is 450 g/mol. The van der Waals surface area contributed by atoms with Crippen LogP contribution in [0.3, 0.4) is 0 Å². The molecule has 1 aliphatic rings. The summed E-state index contributed by atoms with van der Waals surface area (Å²) in [6.07, 6.45) is 0.329. The first-order chi connectivity index (χ1) is 15.4. The number of carbonyl (C=O) groups excluding carboxylic acids is 1. The van der Waals surface area contributed by atoms with Crippen LogP contribution in [0.25, 0.3) is 0 Å². The van der Waals surface area contributed by atoms with Gasteiger partial charge in [-0.05, 0) is 54.3 Å². The van der Waals surface area contributed by atoms with Crippen molar-refractivity contribution < 1.29 is 17.9 Å². The van der Waals surface area contributed by atoms with E-state index in [1.807, 2.05) is 55.5 Å². The number of fused-ring (bicyclic) bond motifs is 1. The number of amides is 1. The maximum absolute atomic E-state index is 13.5. The van der Waals surface area contributed by atoms with Crippen molar-refractivity contribution in [2.75, 3.05) is 7.11 Å². The van der Waals surface area contributed by atoms with E-state index in [1.165, 1.54) is 4.31 Å². The summed E-state index contributed by atoms with van der Waals surface area (Å²) in [7, 11) is -2.25. The van der Waals surface area contributed by atoms with E-state index in [2.05, 4.69) is 5.32 Å². The third-order valence-corrected chi connectivity index (χ3v) is 7.63. The molecule has 3 aromatic rings. The van der Waals surface area contributed by atoms with Crippen molar-refractivity contribution in [3.63, 3.8) is 0 Å². The molecule has 3 aromatic carbocycles. The molecule has 0 saturated carbocycles. The van der Waals surface area contributed by atoms with Crippen molar-refractivity contribution in [2.24, 2.45) is 0 Å². The summed E-state index contributed by atoms with van der Waals surface area (Å²) in [6, 6.07) is 21.0. The fourth-order valence-electron chi connectivity index (χ4n) is 3.87. The number of hydrogen-bond donors (Lipinski definition) is 1. The van der Waals surface area contributed by atoms with Gasteiger partial charge in [-0.2, -0.15) is 4.31 Å². The SMILES string of the molecule is COc1ccc(CNC(=O)[C@@H]2Cc3ccccc3CN2S(=O)(=O)c2ccc(C)cc2)cc1. The Balaban J connectivity index is 1.60. The summed E-state index contributed by atoms with van der Waals surface area (Å²) in [5.74, 6) is 0.422. The Morgan fingerprint density at radius 1 is 1.00 bits per heavy atom. The molecule has 0 saturated heterocycles. The van der Waals surface area contributed by atoms with Crippen LogP contribution in [-0.4, -0.2) is 31.8 Å². The summed E-state index contributed by atoms with van der Waals surface area (Å²) < 4.78 is 33.5. The van der Waals surface area contributed by atoms with E-state index in [1.54, 1.807) is 31.4 Å². The fourth-order valence-corrected chi connectivity index (χ4v) is 5.44. The van der Waals surface area contributed by atoms with Crippen molar-refractivity contribution in [3.05, 3.63) is 95.1 Å². The number of nitrogens with one attached hydrogen (secondary N) is 1. The van der Waals surface area contributed by atoms with Gasteiger partial charge in [0.25, 0.3) is 0 Å². The van der Waals surface area contributed by atoms with Gasteiger partial charge in [-0.15, -0.1) is 0 Å². The minimum atomic E-state index is -3.85. The van der Waals surface area contributed by atoms with Gasteiger partial charge in [0.1, 0.15) is 11.8 Å². The third kappa shape index (κ3) is 4.54. The van der Waals surface area contributed by atoms with Gasteiger partial charge in [-0.3, -0.25) is 4.79 Å². The van der Waals surface area contributed by atoms with Gasteiger partial charge >= 0.3 is 0 Å². The van der Waals surface area contributed by atoms with Crippen molar-refractivity contribution >= 4 is 15.9 Å². The highest BCUT2D eigenvalue weighted by atomic mass is 32.2. The van der Waals surface area contributed by atoms with Crippen LogP contribution in [-0.2, 0) is 34.3 Å². The molecule has 4 rings (SSSR count). The molecule has 0 radical (unpaired) electrons. The number of aryl methyl sites for hydroxylation is 1. The molecule has 0 fully saturated rings. The summed E-state index contributed by atoms with van der Waals surface area (Å²) in [6.45, 7) is 2.37.